The van der Waals surface area contributed by atoms with Gasteiger partial charge >= 0.3 is 0 Å². The monoisotopic (exact) mass is 250 g/mol. The Kier molecular flexibility index (Phi) is 4.87. The van der Waals surface area contributed by atoms with Crippen molar-refractivity contribution in [2.45, 2.75) is 38.5 Å². The summed E-state index contributed by atoms with van der Waals surface area (Å²) in [5, 5.41) is 0.664. The number of rotatable bonds is 5. The molecule has 0 bridgehead atoms. The first kappa shape index (κ1) is 13.6. The van der Waals surface area contributed by atoms with Gasteiger partial charge in [0.05, 0.1) is 5.70 Å². The highest BCUT2D eigenvalue weighted by Crippen LogP contribution is 2.28. The summed E-state index contributed by atoms with van der Waals surface area (Å²) in [4.78, 5) is 4.18. The fraction of sp³-hybridized carbons (Fsp3) is 0.727. The molecule has 1 heterocycles. The van der Waals surface area contributed by atoms with Crippen molar-refractivity contribution in [1.29, 1.82) is 0 Å². The van der Waals surface area contributed by atoms with Gasteiger partial charge in [0.2, 0.25) is 5.92 Å². The second-order valence-electron chi connectivity index (χ2n) is 4.25. The maximum absolute atomic E-state index is 12.6. The predicted octanol–water partition coefficient (Wildman–Crippen LogP) is 3.31. The first-order valence-corrected chi connectivity index (χ1v) is 5.80. The molecule has 5 heteroatoms. The van der Waals surface area contributed by atoms with Crippen LogP contribution in [0.15, 0.2) is 15.7 Å². The highest BCUT2D eigenvalue weighted by molar-refractivity contribution is 6.30. The molecule has 2 N–H and O–H groups in total. The summed E-state index contributed by atoms with van der Waals surface area (Å²) >= 11 is 6.03. The number of hydrogen-bond donors (Lipinski definition) is 1. The molecule has 0 saturated heterocycles. The zero-order valence-electron chi connectivity index (χ0n) is 9.35. The van der Waals surface area contributed by atoms with Crippen molar-refractivity contribution in [3.63, 3.8) is 0 Å². The molecular formula is C11H17ClF2N2. The van der Waals surface area contributed by atoms with E-state index in [9.17, 15) is 8.78 Å². The highest BCUT2D eigenvalue weighted by atomic mass is 35.5. The SMILES string of the molecule is CC(F)(F)CCCC1=C(Cl)C[C@@H](CN)C=N1. The molecule has 16 heavy (non-hydrogen) atoms. The fourth-order valence-electron chi connectivity index (χ4n) is 1.58. The van der Waals surface area contributed by atoms with E-state index in [0.717, 1.165) is 12.6 Å². The van der Waals surface area contributed by atoms with Gasteiger partial charge in [-0.2, -0.15) is 0 Å². The zero-order chi connectivity index (χ0) is 12.2. The molecule has 0 fully saturated rings. The molecule has 0 aliphatic carbocycles. The van der Waals surface area contributed by atoms with Crippen LogP contribution in [-0.4, -0.2) is 18.7 Å². The van der Waals surface area contributed by atoms with Crippen LogP contribution >= 0.6 is 11.6 Å². The molecule has 0 amide bonds. The summed E-state index contributed by atoms with van der Waals surface area (Å²) in [7, 11) is 0. The summed E-state index contributed by atoms with van der Waals surface area (Å²) in [5.41, 5.74) is 6.23. The van der Waals surface area contributed by atoms with Crippen molar-refractivity contribution in [1.82, 2.24) is 0 Å². The molecule has 1 rings (SSSR count). The summed E-state index contributed by atoms with van der Waals surface area (Å²) in [5.74, 6) is -2.42. The van der Waals surface area contributed by atoms with E-state index in [-0.39, 0.29) is 12.3 Å². The quantitative estimate of drug-likeness (QED) is 0.799. The van der Waals surface area contributed by atoms with E-state index < -0.39 is 5.92 Å². The van der Waals surface area contributed by atoms with Crippen molar-refractivity contribution in [3.8, 4) is 0 Å². The smallest absolute Gasteiger partial charge is 0.245 e. The molecule has 0 spiro atoms. The Labute approximate surface area is 99.6 Å². The summed E-state index contributed by atoms with van der Waals surface area (Å²) < 4.78 is 25.2. The Bertz CT molecular complexity index is 295. The maximum atomic E-state index is 12.6. The van der Waals surface area contributed by atoms with Crippen molar-refractivity contribution in [2.24, 2.45) is 16.6 Å². The molecule has 1 aliphatic heterocycles. The van der Waals surface area contributed by atoms with Gasteiger partial charge in [-0.05, 0) is 26.2 Å². The van der Waals surface area contributed by atoms with Crippen LogP contribution in [0.25, 0.3) is 0 Å². The minimum Gasteiger partial charge on any atom is -0.330 e. The van der Waals surface area contributed by atoms with Crippen LogP contribution in [0.3, 0.4) is 0 Å². The van der Waals surface area contributed by atoms with Crippen LogP contribution in [0.4, 0.5) is 8.78 Å². The lowest BCUT2D eigenvalue weighted by Crippen LogP contribution is -2.18. The second-order valence-corrected chi connectivity index (χ2v) is 4.71. The Morgan fingerprint density at radius 1 is 1.62 bits per heavy atom. The molecule has 0 aromatic rings. The van der Waals surface area contributed by atoms with E-state index >= 15 is 0 Å². The molecule has 0 saturated carbocycles. The third-order valence-electron chi connectivity index (χ3n) is 2.53. The van der Waals surface area contributed by atoms with Crippen molar-refractivity contribution in [2.75, 3.05) is 6.54 Å². The van der Waals surface area contributed by atoms with Crippen molar-refractivity contribution in [3.05, 3.63) is 10.7 Å². The molecule has 0 aromatic heterocycles. The Morgan fingerprint density at radius 2 is 2.31 bits per heavy atom. The van der Waals surface area contributed by atoms with Gasteiger partial charge in [0.25, 0.3) is 0 Å². The average molecular weight is 251 g/mol. The summed E-state index contributed by atoms with van der Waals surface area (Å²) in [6, 6.07) is 0. The third kappa shape index (κ3) is 4.58. The standard InChI is InChI=1S/C11H17ClF2N2/c1-11(13,14)4-2-3-10-9(12)5-8(6-15)7-16-10/h7-8H,2-6,15H2,1H3/t8-/m0/s1. The first-order valence-electron chi connectivity index (χ1n) is 5.42. The zero-order valence-corrected chi connectivity index (χ0v) is 10.1. The number of hydrogen-bond acceptors (Lipinski definition) is 2. The van der Waals surface area contributed by atoms with Crippen LogP contribution in [0, 0.1) is 5.92 Å². The van der Waals surface area contributed by atoms with Gasteiger partial charge in [-0.15, -0.1) is 0 Å². The van der Waals surface area contributed by atoms with Crippen molar-refractivity contribution >= 4 is 17.8 Å². The normalized spacial score (nSPS) is 21.7. The van der Waals surface area contributed by atoms with E-state index in [1.165, 1.54) is 0 Å². The molecule has 0 aromatic carbocycles. The van der Waals surface area contributed by atoms with E-state index in [0.29, 0.717) is 30.8 Å². The number of allylic oxidation sites excluding steroid dienone is 2. The lowest BCUT2D eigenvalue weighted by atomic mass is 10.0. The fourth-order valence-corrected chi connectivity index (χ4v) is 1.92. The van der Waals surface area contributed by atoms with Gasteiger partial charge in [0.1, 0.15) is 0 Å². The topological polar surface area (TPSA) is 38.4 Å². The molecule has 1 atom stereocenters. The molecule has 0 unspecified atom stereocenters. The Morgan fingerprint density at radius 3 is 2.81 bits per heavy atom. The second kappa shape index (κ2) is 5.73. The molecule has 0 radical (unpaired) electrons. The molecule has 92 valence electrons. The van der Waals surface area contributed by atoms with Crippen LogP contribution in [0.2, 0.25) is 0 Å². The Balaban J connectivity index is 2.41. The summed E-state index contributed by atoms with van der Waals surface area (Å²) in [6.07, 6.45) is 3.23. The molecule has 1 aliphatic rings. The minimum absolute atomic E-state index is 0.128. The number of nitrogens with two attached hydrogens (primary N) is 1. The maximum Gasteiger partial charge on any atom is 0.245 e. The number of nitrogens with zero attached hydrogens (tertiary/aromatic N) is 1. The third-order valence-corrected chi connectivity index (χ3v) is 2.90. The van der Waals surface area contributed by atoms with Crippen LogP contribution in [0.1, 0.15) is 32.6 Å². The van der Waals surface area contributed by atoms with Gasteiger partial charge in [-0.1, -0.05) is 11.6 Å². The lowest BCUT2D eigenvalue weighted by molar-refractivity contribution is 0.0111. The largest absolute Gasteiger partial charge is 0.330 e. The average Bonchev–Trinajstić information content (AvgIpc) is 2.18. The molecular weight excluding hydrogens is 234 g/mol. The van der Waals surface area contributed by atoms with Crippen LogP contribution in [-0.2, 0) is 0 Å². The van der Waals surface area contributed by atoms with Crippen LogP contribution < -0.4 is 5.73 Å². The minimum atomic E-state index is -2.61. The van der Waals surface area contributed by atoms with Gasteiger partial charge < -0.3 is 5.73 Å². The van der Waals surface area contributed by atoms with Gasteiger partial charge in [0.15, 0.2) is 0 Å². The van der Waals surface area contributed by atoms with E-state index in [4.69, 9.17) is 17.3 Å². The summed E-state index contributed by atoms with van der Waals surface area (Å²) in [6.45, 7) is 1.44. The van der Waals surface area contributed by atoms with Gasteiger partial charge in [-0.25, -0.2) is 8.78 Å². The van der Waals surface area contributed by atoms with E-state index in [1.807, 2.05) is 0 Å². The molecule has 2 nitrogen and oxygen atoms in total. The number of halogens is 3. The lowest BCUT2D eigenvalue weighted by Gasteiger charge is -2.17. The predicted molar refractivity (Wildman–Crippen MR) is 63.0 cm³/mol. The number of aliphatic imine (C=N–C) groups is 1. The van der Waals surface area contributed by atoms with Gasteiger partial charge in [0, 0.05) is 30.1 Å². The van der Waals surface area contributed by atoms with E-state index in [2.05, 4.69) is 4.99 Å². The number of alkyl halides is 2. The van der Waals surface area contributed by atoms with Crippen LogP contribution in [0.5, 0.6) is 0 Å². The van der Waals surface area contributed by atoms with Crippen molar-refractivity contribution < 1.29 is 8.78 Å². The van der Waals surface area contributed by atoms with Gasteiger partial charge in [-0.3, -0.25) is 4.99 Å². The van der Waals surface area contributed by atoms with E-state index in [1.54, 1.807) is 6.21 Å². The first-order chi connectivity index (χ1) is 7.42. The highest BCUT2D eigenvalue weighted by Gasteiger charge is 2.21. The Hall–Kier alpha value is -0.480.